The number of aromatic nitrogens is 2. The molecule has 170 valence electrons. The summed E-state index contributed by atoms with van der Waals surface area (Å²) < 4.78 is 11.4. The summed E-state index contributed by atoms with van der Waals surface area (Å²) >= 11 is 0. The Balaban J connectivity index is 2.74. The van der Waals surface area contributed by atoms with Crippen LogP contribution in [-0.2, 0) is 20.8 Å². The van der Waals surface area contributed by atoms with Gasteiger partial charge in [-0.25, -0.2) is 9.79 Å². The molecule has 0 unspecified atom stereocenters. The third-order valence-corrected chi connectivity index (χ3v) is 3.90. The first-order valence-corrected chi connectivity index (χ1v) is 9.50. The summed E-state index contributed by atoms with van der Waals surface area (Å²) in [5.74, 6) is -0.0496. The number of imidazole rings is 1. The summed E-state index contributed by atoms with van der Waals surface area (Å²) in [6, 6.07) is 0. The average molecular weight is 435 g/mol. The maximum Gasteiger partial charge on any atom is 0.328 e. The van der Waals surface area contributed by atoms with Crippen LogP contribution in [0, 0.1) is 5.41 Å². The zero-order valence-electron chi connectivity index (χ0n) is 17.4. The van der Waals surface area contributed by atoms with E-state index in [9.17, 15) is 9.59 Å². The molecule has 31 heavy (non-hydrogen) atoms. The Hall–Kier alpha value is -3.28. The minimum Gasteiger partial charge on any atom is -0.481 e. The van der Waals surface area contributed by atoms with Crippen LogP contribution in [0.5, 0.6) is 0 Å². The van der Waals surface area contributed by atoms with Crippen molar-refractivity contribution in [2.75, 3.05) is 26.9 Å². The number of aliphatic imine (C=N–C) groups is 1. The van der Waals surface area contributed by atoms with Gasteiger partial charge in [-0.05, 0) is 5.57 Å². The molecular weight excluding hydrogens is 406 g/mol. The third kappa shape index (κ3) is 9.85. The van der Waals surface area contributed by atoms with Crippen molar-refractivity contribution >= 4 is 24.3 Å². The Morgan fingerprint density at radius 2 is 2.19 bits per heavy atom. The zero-order valence-corrected chi connectivity index (χ0v) is 17.4. The minimum atomic E-state index is -1.51. The summed E-state index contributed by atoms with van der Waals surface area (Å²) in [4.78, 5) is 30.4. The van der Waals surface area contributed by atoms with Crippen LogP contribution in [-0.4, -0.2) is 71.4 Å². The lowest BCUT2D eigenvalue weighted by atomic mass is 10.2. The summed E-state index contributed by atoms with van der Waals surface area (Å²) in [5.41, 5.74) is 0.557. The lowest BCUT2D eigenvalue weighted by Crippen LogP contribution is -2.26. The summed E-state index contributed by atoms with van der Waals surface area (Å²) in [6.07, 6.45) is 7.36. The van der Waals surface area contributed by atoms with Gasteiger partial charge in [0, 0.05) is 39.3 Å². The Labute approximate surface area is 179 Å². The SMILES string of the molecule is C=C/C(=C\C=C\Cn1c(N=COCCOC)c(C=N)[nH]c1=O)CNC(=O)CCC(O)O. The first kappa shape index (κ1) is 25.8. The molecule has 0 aliphatic rings. The first-order chi connectivity index (χ1) is 14.9. The van der Waals surface area contributed by atoms with Crippen LogP contribution in [0.1, 0.15) is 18.5 Å². The second kappa shape index (κ2) is 14.7. The topological polar surface area (TPSA) is 162 Å². The summed E-state index contributed by atoms with van der Waals surface area (Å²) in [7, 11) is 1.55. The van der Waals surface area contributed by atoms with Crippen molar-refractivity contribution < 1.29 is 24.5 Å². The number of rotatable bonds is 15. The number of ether oxygens (including phenoxy) is 2. The molecule has 1 heterocycles. The molecule has 0 spiro atoms. The molecule has 0 aliphatic heterocycles. The number of hydrogen-bond acceptors (Lipinski definition) is 8. The summed E-state index contributed by atoms with van der Waals surface area (Å²) in [5, 5.41) is 27.6. The van der Waals surface area contributed by atoms with Crippen LogP contribution in [0.2, 0.25) is 0 Å². The van der Waals surface area contributed by atoms with Crippen LogP contribution < -0.4 is 11.0 Å². The highest BCUT2D eigenvalue weighted by molar-refractivity contribution is 5.81. The second-order valence-electron chi connectivity index (χ2n) is 6.19. The predicted molar refractivity (Wildman–Crippen MR) is 117 cm³/mol. The predicted octanol–water partition coefficient (Wildman–Crippen LogP) is 0.373. The van der Waals surface area contributed by atoms with Gasteiger partial charge in [0.1, 0.15) is 12.3 Å². The van der Waals surface area contributed by atoms with E-state index in [2.05, 4.69) is 21.9 Å². The number of aliphatic hydroxyl groups is 2. The van der Waals surface area contributed by atoms with Crippen molar-refractivity contribution in [3.8, 4) is 0 Å². The average Bonchev–Trinajstić information content (AvgIpc) is 3.06. The number of carbonyl (C=O) groups excluding carboxylic acids is 1. The normalized spacial score (nSPS) is 12.1. The maximum atomic E-state index is 12.1. The lowest BCUT2D eigenvalue weighted by molar-refractivity contribution is -0.123. The molecule has 11 heteroatoms. The highest BCUT2D eigenvalue weighted by Crippen LogP contribution is 2.13. The van der Waals surface area contributed by atoms with E-state index in [-0.39, 0.29) is 43.4 Å². The molecule has 5 N–H and O–H groups in total. The fraction of sp³-hybridized carbons (Fsp3) is 0.400. The Bertz CT molecular complexity index is 866. The van der Waals surface area contributed by atoms with Crippen LogP contribution in [0.3, 0.4) is 0 Å². The van der Waals surface area contributed by atoms with E-state index in [1.807, 2.05) is 0 Å². The third-order valence-electron chi connectivity index (χ3n) is 3.90. The number of nitrogens with one attached hydrogen (secondary N) is 3. The number of amides is 1. The van der Waals surface area contributed by atoms with Crippen molar-refractivity contribution in [2.24, 2.45) is 4.99 Å². The van der Waals surface area contributed by atoms with E-state index < -0.39 is 12.0 Å². The van der Waals surface area contributed by atoms with Gasteiger partial charge < -0.3 is 35.4 Å². The standard InChI is InChI=1S/C20H29N5O6/c1-3-15(13-22-17(26)7-8-18(27)28)6-4-5-9-25-19(16(12-21)24-20(25)29)23-14-31-11-10-30-2/h3-6,12,14,18,21,27-28H,1,7-11,13H2,2H3,(H,22,26)(H,24,29)/b5-4+,15-6+,21-12?,23-14?. The van der Waals surface area contributed by atoms with Crippen LogP contribution in [0.25, 0.3) is 0 Å². The van der Waals surface area contributed by atoms with E-state index in [4.69, 9.17) is 25.1 Å². The van der Waals surface area contributed by atoms with E-state index >= 15 is 0 Å². The molecule has 0 saturated heterocycles. The van der Waals surface area contributed by atoms with Gasteiger partial charge >= 0.3 is 5.69 Å². The largest absolute Gasteiger partial charge is 0.481 e. The van der Waals surface area contributed by atoms with Gasteiger partial charge in [0.25, 0.3) is 0 Å². The van der Waals surface area contributed by atoms with Crippen molar-refractivity contribution in [1.82, 2.24) is 14.9 Å². The molecule has 0 aromatic carbocycles. The Kier molecular flexibility index (Phi) is 12.2. The fourth-order valence-corrected chi connectivity index (χ4v) is 2.27. The number of carbonyl (C=O) groups is 1. The maximum absolute atomic E-state index is 12.1. The highest BCUT2D eigenvalue weighted by Gasteiger charge is 2.10. The smallest absolute Gasteiger partial charge is 0.328 e. The van der Waals surface area contributed by atoms with Gasteiger partial charge in [-0.15, -0.1) is 0 Å². The first-order valence-electron chi connectivity index (χ1n) is 9.50. The summed E-state index contributed by atoms with van der Waals surface area (Å²) in [6.45, 7) is 4.81. The molecule has 1 amide bonds. The number of methoxy groups -OCH3 is 1. The van der Waals surface area contributed by atoms with Gasteiger partial charge in [0.2, 0.25) is 5.91 Å². The molecule has 0 bridgehead atoms. The molecule has 1 aromatic rings. The van der Waals surface area contributed by atoms with Gasteiger partial charge in [0.15, 0.2) is 18.5 Å². The van der Waals surface area contributed by atoms with E-state index in [1.165, 1.54) is 11.0 Å². The fourth-order valence-electron chi connectivity index (χ4n) is 2.27. The molecular formula is C20H29N5O6. The van der Waals surface area contributed by atoms with Crippen molar-refractivity contribution in [3.63, 3.8) is 0 Å². The van der Waals surface area contributed by atoms with Crippen molar-refractivity contribution in [3.05, 3.63) is 52.6 Å². The van der Waals surface area contributed by atoms with Crippen molar-refractivity contribution in [1.29, 1.82) is 5.41 Å². The van der Waals surface area contributed by atoms with Gasteiger partial charge in [-0.3, -0.25) is 9.36 Å². The highest BCUT2D eigenvalue weighted by atomic mass is 16.5. The minimum absolute atomic E-state index is 0.00215. The molecule has 1 rings (SSSR count). The van der Waals surface area contributed by atoms with Gasteiger partial charge in [-0.2, -0.15) is 0 Å². The monoisotopic (exact) mass is 435 g/mol. The van der Waals surface area contributed by atoms with Gasteiger partial charge in [-0.1, -0.05) is 30.9 Å². The number of aliphatic hydroxyl groups excluding tert-OH is 1. The van der Waals surface area contributed by atoms with Crippen LogP contribution >= 0.6 is 0 Å². The molecule has 0 saturated carbocycles. The van der Waals surface area contributed by atoms with E-state index in [0.29, 0.717) is 13.2 Å². The quantitative estimate of drug-likeness (QED) is 0.0879. The number of aromatic amines is 1. The molecule has 0 radical (unpaired) electrons. The van der Waals surface area contributed by atoms with Gasteiger partial charge in [0.05, 0.1) is 6.61 Å². The number of allylic oxidation sites excluding steroid dienone is 3. The lowest BCUT2D eigenvalue weighted by Gasteiger charge is -2.06. The van der Waals surface area contributed by atoms with Crippen LogP contribution in [0.15, 0.2) is 46.2 Å². The molecule has 0 atom stereocenters. The number of H-pyrrole nitrogens is 1. The molecule has 1 aromatic heterocycles. The van der Waals surface area contributed by atoms with E-state index in [1.54, 1.807) is 31.4 Å². The second-order valence-corrected chi connectivity index (χ2v) is 6.19. The number of nitrogens with zero attached hydrogens (tertiary/aromatic N) is 2. The molecule has 0 fully saturated rings. The Morgan fingerprint density at radius 3 is 2.84 bits per heavy atom. The number of hydrogen-bond donors (Lipinski definition) is 5. The zero-order chi connectivity index (χ0) is 23.1. The molecule has 11 nitrogen and oxygen atoms in total. The Morgan fingerprint density at radius 1 is 1.42 bits per heavy atom. The van der Waals surface area contributed by atoms with Crippen LogP contribution in [0.4, 0.5) is 5.82 Å². The molecule has 0 aliphatic carbocycles. The van der Waals surface area contributed by atoms with E-state index in [0.717, 1.165) is 11.8 Å². The van der Waals surface area contributed by atoms with Crippen molar-refractivity contribution in [2.45, 2.75) is 25.7 Å².